The summed E-state index contributed by atoms with van der Waals surface area (Å²) in [6, 6.07) is 0. The molecule has 0 N–H and O–H groups in total. The molecule has 434 valence electrons. The summed E-state index contributed by atoms with van der Waals surface area (Å²) >= 11 is 0. The van der Waals surface area contributed by atoms with Crippen LogP contribution in [0, 0.1) is 0 Å². The monoisotopic (exact) mass is 1050 g/mol. The molecule has 0 bridgehead atoms. The summed E-state index contributed by atoms with van der Waals surface area (Å²) < 4.78 is 16.9. The Labute approximate surface area is 465 Å². The van der Waals surface area contributed by atoms with Crippen molar-refractivity contribution in [2.45, 2.75) is 335 Å². The van der Waals surface area contributed by atoms with Gasteiger partial charge in [0.25, 0.3) is 0 Å². The predicted molar refractivity (Wildman–Crippen MR) is 325 cm³/mol. The first-order valence-electron chi connectivity index (χ1n) is 32.4. The van der Waals surface area contributed by atoms with Gasteiger partial charge in [0, 0.05) is 19.3 Å². The highest BCUT2D eigenvalue weighted by Gasteiger charge is 2.19. The SMILES string of the molecule is CC/C=C\C/C=C\C/C=C\C/C=C\CCCCCCCCCCCCC(=O)OCC(COC(=O)CCCCCCC/C=C\C/C=C\CCCCCC)OC(=O)CCCCCCCCCCCCCCCCCCCC. The Balaban J connectivity index is 4.35. The molecule has 0 heterocycles. The zero-order valence-corrected chi connectivity index (χ0v) is 49.8. The second-order valence-corrected chi connectivity index (χ2v) is 21.6. The van der Waals surface area contributed by atoms with Crippen LogP contribution in [0.1, 0.15) is 329 Å². The highest BCUT2D eigenvalue weighted by molar-refractivity contribution is 5.71. The molecular formula is C69H122O6. The van der Waals surface area contributed by atoms with Crippen LogP contribution in [0.15, 0.2) is 72.9 Å². The molecule has 0 fully saturated rings. The zero-order valence-electron chi connectivity index (χ0n) is 49.8. The minimum Gasteiger partial charge on any atom is -0.462 e. The van der Waals surface area contributed by atoms with E-state index in [1.165, 1.54) is 186 Å². The Bertz CT molecular complexity index is 1390. The summed E-state index contributed by atoms with van der Waals surface area (Å²) in [5.74, 6) is -0.879. The van der Waals surface area contributed by atoms with Gasteiger partial charge in [-0.1, -0.05) is 293 Å². The van der Waals surface area contributed by atoms with E-state index in [-0.39, 0.29) is 31.1 Å². The van der Waals surface area contributed by atoms with Gasteiger partial charge in [0.05, 0.1) is 0 Å². The molecule has 0 aliphatic heterocycles. The second-order valence-electron chi connectivity index (χ2n) is 21.6. The Kier molecular flexibility index (Phi) is 60.7. The van der Waals surface area contributed by atoms with Crippen molar-refractivity contribution in [3.05, 3.63) is 72.9 Å². The molecule has 0 aromatic heterocycles. The van der Waals surface area contributed by atoms with E-state index in [0.717, 1.165) is 103 Å². The van der Waals surface area contributed by atoms with Gasteiger partial charge in [-0.15, -0.1) is 0 Å². The van der Waals surface area contributed by atoms with Gasteiger partial charge in [-0.05, 0) is 89.9 Å². The number of unbranched alkanes of at least 4 members (excludes halogenated alkanes) is 36. The van der Waals surface area contributed by atoms with E-state index in [0.29, 0.717) is 19.3 Å². The smallest absolute Gasteiger partial charge is 0.306 e. The third kappa shape index (κ3) is 61.6. The summed E-state index contributed by atoms with van der Waals surface area (Å²) in [4.78, 5) is 38.4. The van der Waals surface area contributed by atoms with Gasteiger partial charge in [0.1, 0.15) is 13.2 Å². The lowest BCUT2D eigenvalue weighted by molar-refractivity contribution is -0.167. The molecule has 0 aliphatic carbocycles. The topological polar surface area (TPSA) is 78.9 Å². The number of esters is 3. The molecular weight excluding hydrogens is 925 g/mol. The highest BCUT2D eigenvalue weighted by Crippen LogP contribution is 2.17. The quantitative estimate of drug-likeness (QED) is 0.0261. The second kappa shape index (κ2) is 63.4. The summed E-state index contributed by atoms with van der Waals surface area (Å²) in [5.41, 5.74) is 0. The predicted octanol–water partition coefficient (Wildman–Crippen LogP) is 22.1. The van der Waals surface area contributed by atoms with E-state index in [2.05, 4.69) is 93.7 Å². The van der Waals surface area contributed by atoms with Crippen molar-refractivity contribution in [1.29, 1.82) is 0 Å². The maximum atomic E-state index is 12.9. The number of hydrogen-bond donors (Lipinski definition) is 0. The van der Waals surface area contributed by atoms with Crippen LogP contribution in [0.5, 0.6) is 0 Å². The van der Waals surface area contributed by atoms with E-state index in [1.54, 1.807) is 0 Å². The number of hydrogen-bond acceptors (Lipinski definition) is 6. The fourth-order valence-corrected chi connectivity index (χ4v) is 9.35. The van der Waals surface area contributed by atoms with E-state index < -0.39 is 6.10 Å². The molecule has 0 amide bonds. The molecule has 0 spiro atoms. The minimum absolute atomic E-state index is 0.0792. The van der Waals surface area contributed by atoms with Gasteiger partial charge in [0.15, 0.2) is 6.10 Å². The van der Waals surface area contributed by atoms with Gasteiger partial charge < -0.3 is 14.2 Å². The number of rotatable bonds is 59. The molecule has 0 aromatic rings. The molecule has 0 aromatic carbocycles. The molecule has 6 heteroatoms. The summed E-state index contributed by atoms with van der Waals surface area (Å²) in [6.07, 6.45) is 81.9. The Morgan fingerprint density at radius 1 is 0.280 bits per heavy atom. The summed E-state index contributed by atoms with van der Waals surface area (Å²) in [7, 11) is 0. The Hall–Kier alpha value is -3.15. The van der Waals surface area contributed by atoms with Crippen molar-refractivity contribution in [1.82, 2.24) is 0 Å². The van der Waals surface area contributed by atoms with Gasteiger partial charge in [-0.25, -0.2) is 0 Å². The molecule has 0 rings (SSSR count). The first-order valence-corrected chi connectivity index (χ1v) is 32.4. The molecule has 0 radical (unpaired) electrons. The lowest BCUT2D eigenvalue weighted by Crippen LogP contribution is -2.30. The van der Waals surface area contributed by atoms with Crippen LogP contribution in [0.4, 0.5) is 0 Å². The summed E-state index contributed by atoms with van der Waals surface area (Å²) in [6.45, 7) is 6.54. The van der Waals surface area contributed by atoms with Crippen LogP contribution in [0.3, 0.4) is 0 Å². The van der Waals surface area contributed by atoms with E-state index in [1.807, 2.05) is 0 Å². The van der Waals surface area contributed by atoms with Crippen molar-refractivity contribution in [2.75, 3.05) is 13.2 Å². The molecule has 75 heavy (non-hydrogen) atoms. The van der Waals surface area contributed by atoms with Crippen LogP contribution in [0.2, 0.25) is 0 Å². The van der Waals surface area contributed by atoms with Crippen molar-refractivity contribution in [3.63, 3.8) is 0 Å². The third-order valence-electron chi connectivity index (χ3n) is 14.2. The molecule has 1 atom stereocenters. The zero-order chi connectivity index (χ0) is 54.3. The maximum Gasteiger partial charge on any atom is 0.306 e. The third-order valence-corrected chi connectivity index (χ3v) is 14.2. The first kappa shape index (κ1) is 71.8. The van der Waals surface area contributed by atoms with Gasteiger partial charge in [0.2, 0.25) is 0 Å². The molecule has 1 unspecified atom stereocenters. The number of carbonyl (C=O) groups excluding carboxylic acids is 3. The van der Waals surface area contributed by atoms with Crippen LogP contribution >= 0.6 is 0 Å². The summed E-state index contributed by atoms with van der Waals surface area (Å²) in [5, 5.41) is 0. The average molecular weight is 1050 g/mol. The highest BCUT2D eigenvalue weighted by atomic mass is 16.6. The lowest BCUT2D eigenvalue weighted by atomic mass is 10.0. The standard InChI is InChI=1S/C69H122O6/c1-4-7-10-13-16-19-22-25-28-31-33-34-35-36-37-39-41-44-47-50-53-56-59-62-68(71)74-65-66(64-73-67(70)61-58-55-52-49-46-43-40-30-27-24-21-18-15-12-9-6-3)75-69(72)63-60-57-54-51-48-45-42-38-32-29-26-23-20-17-14-11-8-5-2/h7,10,16,19,21,24-25,28,30,33-34,40,66H,4-6,8-9,11-15,17-18,20,22-23,26-27,29,31-32,35-39,41-65H2,1-3H3/b10-7-,19-16-,24-21-,28-25-,34-33-,40-30-. The van der Waals surface area contributed by atoms with Crippen LogP contribution in [-0.2, 0) is 28.6 Å². The molecule has 6 nitrogen and oxygen atoms in total. The van der Waals surface area contributed by atoms with Gasteiger partial charge in [-0.2, -0.15) is 0 Å². The lowest BCUT2D eigenvalue weighted by Gasteiger charge is -2.18. The van der Waals surface area contributed by atoms with Crippen LogP contribution in [-0.4, -0.2) is 37.2 Å². The van der Waals surface area contributed by atoms with Crippen LogP contribution < -0.4 is 0 Å². The maximum absolute atomic E-state index is 12.9. The van der Waals surface area contributed by atoms with E-state index >= 15 is 0 Å². The van der Waals surface area contributed by atoms with Gasteiger partial charge >= 0.3 is 17.9 Å². The normalized spacial score (nSPS) is 12.5. The molecule has 0 aliphatic rings. The van der Waals surface area contributed by atoms with Crippen molar-refractivity contribution >= 4 is 17.9 Å². The number of allylic oxidation sites excluding steroid dienone is 12. The Morgan fingerprint density at radius 3 is 0.827 bits per heavy atom. The fraction of sp³-hybridized carbons (Fsp3) is 0.783. The van der Waals surface area contributed by atoms with Crippen LogP contribution in [0.25, 0.3) is 0 Å². The van der Waals surface area contributed by atoms with Gasteiger partial charge in [-0.3, -0.25) is 14.4 Å². The minimum atomic E-state index is -0.782. The molecule has 0 saturated heterocycles. The largest absolute Gasteiger partial charge is 0.462 e. The molecule has 0 saturated carbocycles. The first-order chi connectivity index (χ1) is 37.0. The van der Waals surface area contributed by atoms with E-state index in [4.69, 9.17) is 14.2 Å². The van der Waals surface area contributed by atoms with Crippen molar-refractivity contribution in [2.24, 2.45) is 0 Å². The van der Waals surface area contributed by atoms with Crippen molar-refractivity contribution in [3.8, 4) is 0 Å². The fourth-order valence-electron chi connectivity index (χ4n) is 9.35. The number of carbonyl (C=O) groups is 3. The van der Waals surface area contributed by atoms with E-state index in [9.17, 15) is 14.4 Å². The number of ether oxygens (including phenoxy) is 3. The Morgan fingerprint density at radius 2 is 0.520 bits per heavy atom. The average Bonchev–Trinajstić information content (AvgIpc) is 3.41. The van der Waals surface area contributed by atoms with Crippen molar-refractivity contribution < 1.29 is 28.6 Å².